The van der Waals surface area contributed by atoms with Crippen LogP contribution in [-0.4, -0.2) is 10.5 Å². The normalized spacial score (nSPS) is 11.2. The molecule has 0 saturated heterocycles. The number of carbonyl (C=O) groups excluding carboxylic acids is 1. The van der Waals surface area contributed by atoms with Crippen LogP contribution in [0.25, 0.3) is 11.8 Å². The van der Waals surface area contributed by atoms with Crippen LogP contribution in [0.15, 0.2) is 54.1 Å². The highest BCUT2D eigenvalue weighted by atomic mass is 35.5. The lowest BCUT2D eigenvalue weighted by Gasteiger charge is -2.10. The first-order valence-electron chi connectivity index (χ1n) is 9.25. The number of hydrogen-bond donors (Lipinski definition) is 1. The maximum absolute atomic E-state index is 12.6. The number of benzene rings is 2. The Balaban J connectivity index is 1.93. The minimum absolute atomic E-state index is 0.0505. The van der Waals surface area contributed by atoms with E-state index in [4.69, 9.17) is 11.6 Å². The summed E-state index contributed by atoms with van der Waals surface area (Å²) in [6.07, 6.45) is 1.62. The predicted molar refractivity (Wildman–Crippen MR) is 118 cm³/mol. The van der Waals surface area contributed by atoms with E-state index >= 15 is 0 Å². The van der Waals surface area contributed by atoms with Crippen molar-refractivity contribution in [2.24, 2.45) is 0 Å². The number of carbonyl (C=O) groups is 1. The second kappa shape index (κ2) is 8.38. The molecule has 0 radical (unpaired) electrons. The minimum Gasteiger partial charge on any atom is -0.321 e. The van der Waals surface area contributed by atoms with Crippen LogP contribution in [0.2, 0.25) is 5.02 Å². The van der Waals surface area contributed by atoms with Gasteiger partial charge in [0.15, 0.2) is 0 Å². The molecule has 0 unspecified atom stereocenters. The lowest BCUT2D eigenvalue weighted by molar-refractivity contribution is -0.112. The average molecular weight is 404 g/mol. The van der Waals surface area contributed by atoms with Crippen LogP contribution in [0, 0.1) is 39.0 Å². The molecule has 4 nitrogen and oxygen atoms in total. The number of aromatic nitrogens is 1. The van der Waals surface area contributed by atoms with Crippen molar-refractivity contribution in [1.82, 2.24) is 4.57 Å². The van der Waals surface area contributed by atoms with Gasteiger partial charge in [-0.2, -0.15) is 5.26 Å². The van der Waals surface area contributed by atoms with Crippen LogP contribution in [0.1, 0.15) is 28.1 Å². The van der Waals surface area contributed by atoms with Crippen molar-refractivity contribution in [2.45, 2.75) is 27.7 Å². The van der Waals surface area contributed by atoms with E-state index in [2.05, 4.69) is 5.32 Å². The van der Waals surface area contributed by atoms with E-state index in [-0.39, 0.29) is 5.57 Å². The predicted octanol–water partition coefficient (Wildman–Crippen LogP) is 5.91. The Morgan fingerprint density at radius 2 is 1.83 bits per heavy atom. The van der Waals surface area contributed by atoms with Crippen molar-refractivity contribution in [3.05, 3.63) is 87.2 Å². The zero-order chi connectivity index (χ0) is 21.1. The van der Waals surface area contributed by atoms with Crippen LogP contribution in [0.5, 0.6) is 0 Å². The van der Waals surface area contributed by atoms with Crippen LogP contribution in [0.4, 0.5) is 5.69 Å². The van der Waals surface area contributed by atoms with Gasteiger partial charge >= 0.3 is 0 Å². The van der Waals surface area contributed by atoms with Gasteiger partial charge in [0.2, 0.25) is 0 Å². The molecule has 1 heterocycles. The van der Waals surface area contributed by atoms with Gasteiger partial charge in [-0.1, -0.05) is 23.7 Å². The van der Waals surface area contributed by atoms with Gasteiger partial charge in [0.1, 0.15) is 11.6 Å². The van der Waals surface area contributed by atoms with Gasteiger partial charge in [-0.3, -0.25) is 4.79 Å². The van der Waals surface area contributed by atoms with Crippen LogP contribution < -0.4 is 5.32 Å². The minimum atomic E-state index is -0.427. The second-order valence-corrected chi connectivity index (χ2v) is 7.50. The van der Waals surface area contributed by atoms with E-state index in [1.54, 1.807) is 6.08 Å². The van der Waals surface area contributed by atoms with E-state index in [1.165, 1.54) is 0 Å². The molecule has 1 amide bonds. The van der Waals surface area contributed by atoms with Gasteiger partial charge in [0, 0.05) is 27.8 Å². The number of nitriles is 1. The molecule has 0 spiro atoms. The number of rotatable bonds is 4. The molecule has 0 fully saturated rings. The Bertz CT molecular complexity index is 1170. The molecule has 3 aromatic rings. The van der Waals surface area contributed by atoms with Gasteiger partial charge in [0.25, 0.3) is 5.91 Å². The largest absolute Gasteiger partial charge is 0.321 e. The summed E-state index contributed by atoms with van der Waals surface area (Å²) in [6, 6.07) is 17.2. The molecular weight excluding hydrogens is 382 g/mol. The quantitative estimate of drug-likeness (QED) is 0.434. The van der Waals surface area contributed by atoms with E-state index in [1.807, 2.05) is 86.9 Å². The maximum Gasteiger partial charge on any atom is 0.266 e. The number of anilines is 1. The number of nitrogens with zero attached hydrogens (tertiary/aromatic N) is 2. The molecular formula is C24H22ClN3O. The second-order valence-electron chi connectivity index (χ2n) is 7.06. The summed E-state index contributed by atoms with van der Waals surface area (Å²) in [4.78, 5) is 12.6. The van der Waals surface area contributed by atoms with E-state index in [0.29, 0.717) is 10.7 Å². The smallest absolute Gasteiger partial charge is 0.266 e. The van der Waals surface area contributed by atoms with Crippen molar-refractivity contribution < 1.29 is 4.79 Å². The molecule has 1 N–H and O–H groups in total. The van der Waals surface area contributed by atoms with Crippen molar-refractivity contribution in [3.63, 3.8) is 0 Å². The Morgan fingerprint density at radius 1 is 1.07 bits per heavy atom. The Labute approximate surface area is 176 Å². The number of halogens is 1. The highest BCUT2D eigenvalue weighted by Gasteiger charge is 2.14. The maximum atomic E-state index is 12.6. The molecule has 0 saturated carbocycles. The van der Waals surface area contributed by atoms with E-state index in [0.717, 1.165) is 33.8 Å². The molecule has 0 aliphatic rings. The van der Waals surface area contributed by atoms with E-state index < -0.39 is 5.91 Å². The topological polar surface area (TPSA) is 57.8 Å². The number of amides is 1. The fraction of sp³-hybridized carbons (Fsp3) is 0.167. The Hall–Kier alpha value is -3.29. The van der Waals surface area contributed by atoms with Crippen molar-refractivity contribution in [3.8, 4) is 11.8 Å². The molecule has 0 atom stereocenters. The van der Waals surface area contributed by atoms with Gasteiger partial charge in [-0.25, -0.2) is 0 Å². The van der Waals surface area contributed by atoms with Crippen molar-refractivity contribution in [2.75, 3.05) is 5.32 Å². The molecule has 0 aliphatic carbocycles. The number of hydrogen-bond acceptors (Lipinski definition) is 2. The van der Waals surface area contributed by atoms with Crippen LogP contribution >= 0.6 is 11.6 Å². The summed E-state index contributed by atoms with van der Waals surface area (Å²) in [7, 11) is 0. The number of nitrogens with one attached hydrogen (secondary N) is 1. The lowest BCUT2D eigenvalue weighted by Crippen LogP contribution is -2.13. The first-order chi connectivity index (χ1) is 13.8. The molecule has 3 rings (SSSR count). The van der Waals surface area contributed by atoms with E-state index in [9.17, 15) is 10.1 Å². The molecule has 1 aromatic heterocycles. The Kier molecular flexibility index (Phi) is 5.91. The third kappa shape index (κ3) is 4.42. The highest BCUT2D eigenvalue weighted by molar-refractivity contribution is 6.30. The molecule has 2 aromatic carbocycles. The zero-order valence-electron chi connectivity index (χ0n) is 16.9. The first kappa shape index (κ1) is 20.4. The SMILES string of the molecule is Cc1ccc(NC(=O)/C(C#N)=C\c2cc(C)n(-c3cccc(Cl)c3)c2C)cc1C. The monoisotopic (exact) mass is 403 g/mol. The molecule has 0 aliphatic heterocycles. The first-order valence-corrected chi connectivity index (χ1v) is 9.63. The third-order valence-corrected chi connectivity index (χ3v) is 5.20. The van der Waals surface area contributed by atoms with Gasteiger partial charge in [-0.05, 0) is 86.9 Å². The summed E-state index contributed by atoms with van der Waals surface area (Å²) < 4.78 is 2.05. The van der Waals surface area contributed by atoms with Crippen LogP contribution in [-0.2, 0) is 4.79 Å². The summed E-state index contributed by atoms with van der Waals surface area (Å²) >= 11 is 6.13. The van der Waals surface area contributed by atoms with Crippen molar-refractivity contribution in [1.29, 1.82) is 5.26 Å². The van der Waals surface area contributed by atoms with Gasteiger partial charge in [-0.15, -0.1) is 0 Å². The summed E-state index contributed by atoms with van der Waals surface area (Å²) in [5, 5.41) is 13.0. The van der Waals surface area contributed by atoms with Crippen molar-refractivity contribution >= 4 is 29.3 Å². The third-order valence-electron chi connectivity index (χ3n) is 4.97. The summed E-state index contributed by atoms with van der Waals surface area (Å²) in [6.45, 7) is 7.93. The molecule has 0 bridgehead atoms. The number of aryl methyl sites for hydroxylation is 3. The van der Waals surface area contributed by atoms with Gasteiger partial charge in [0.05, 0.1) is 0 Å². The fourth-order valence-electron chi connectivity index (χ4n) is 3.27. The standard InChI is InChI=1S/C24H22ClN3O/c1-15-8-9-22(10-16(15)2)27-24(29)20(14-26)12-19-11-17(3)28(18(19)4)23-7-5-6-21(25)13-23/h5-13H,1-4H3,(H,27,29)/b20-12-. The summed E-state index contributed by atoms with van der Waals surface area (Å²) in [5.41, 5.74) is 6.61. The highest BCUT2D eigenvalue weighted by Crippen LogP contribution is 2.25. The Morgan fingerprint density at radius 3 is 2.48 bits per heavy atom. The molecule has 5 heteroatoms. The fourth-order valence-corrected chi connectivity index (χ4v) is 3.45. The molecule has 146 valence electrons. The lowest BCUT2D eigenvalue weighted by atomic mass is 10.1. The van der Waals surface area contributed by atoms with Crippen LogP contribution in [0.3, 0.4) is 0 Å². The summed E-state index contributed by atoms with van der Waals surface area (Å²) in [5.74, 6) is -0.427. The molecule has 29 heavy (non-hydrogen) atoms. The average Bonchev–Trinajstić information content (AvgIpc) is 2.95. The van der Waals surface area contributed by atoms with Gasteiger partial charge < -0.3 is 9.88 Å². The zero-order valence-corrected chi connectivity index (χ0v) is 17.6.